The number of benzene rings is 1. The van der Waals surface area contributed by atoms with Crippen molar-refractivity contribution in [2.45, 2.75) is 6.92 Å². The van der Waals surface area contributed by atoms with Gasteiger partial charge in [-0.25, -0.2) is 14.2 Å². The van der Waals surface area contributed by atoms with Gasteiger partial charge in [0.1, 0.15) is 11.5 Å². The summed E-state index contributed by atoms with van der Waals surface area (Å²) in [4.78, 5) is 56.2. The minimum absolute atomic E-state index is 0. The third kappa shape index (κ3) is 28.6. The predicted molar refractivity (Wildman–Crippen MR) is 309 cm³/mol. The number of H-pyrrole nitrogens is 2. The Morgan fingerprint density at radius 3 is 1.43 bits per heavy atom. The molecule has 0 fully saturated rings. The number of nitrogens with zero attached hydrogens (tertiary/aromatic N) is 10. The third-order valence-corrected chi connectivity index (χ3v) is 10.5. The average molecular weight is 2250 g/mol. The summed E-state index contributed by atoms with van der Waals surface area (Å²) in [5.74, 6) is -2.59. The number of carboxylic acids is 1. The van der Waals surface area contributed by atoms with E-state index in [0.717, 1.165) is 62.9 Å². The Morgan fingerprint density at radius 1 is 0.449 bits per heavy atom. The van der Waals surface area contributed by atoms with Gasteiger partial charge in [-0.1, -0.05) is 96.3 Å². The maximum absolute atomic E-state index is 13.4. The van der Waals surface area contributed by atoms with Gasteiger partial charge in [-0.2, -0.15) is 53.6 Å². The molecule has 13 rings (SSSR count). The first-order valence-electron chi connectivity index (χ1n) is 25.0. The summed E-state index contributed by atoms with van der Waals surface area (Å²) < 4.78 is 38.8. The summed E-state index contributed by atoms with van der Waals surface area (Å²) >= 11 is 0. The number of aromatic nitrogens is 12. The summed E-state index contributed by atoms with van der Waals surface area (Å²) in [5, 5.41) is 8.32. The average Bonchev–Trinajstić information content (AvgIpc) is 4.39. The standard InChI is InChI=1S/C12H8F2N.C10H6FN2.2C10H7N2.2C9H7N2.C6H5NO2.6Ir/c1-8-4-5-15-12(6-8)10-3-2-9(13)7-11(10)14;11-8-4-6-13-10(7-8)9-3-1-2-5-12-9;1-3-7-11-9(5-1)10-6-2-4-8-12-10;1-2-6-12-10(3-1)9-4-7-11-8-5-9;2*1-2-5-11-9(3-1)8-4-6-10-7-8;8-6(9)5-3-1-2-4-7-5;;;;;;/h2,4-7H,1H3;1-2,4-7H;1-5,7-8H;1-4,6-8H;1-3,5-7,10H;1-6,10H;1-4H,(H,8,9);;;;;;/q6*-1;;;;;;;. The minimum atomic E-state index is -0.990. The van der Waals surface area contributed by atoms with Crippen LogP contribution in [0.15, 0.2) is 251 Å². The Balaban J connectivity index is 0.000000515. The summed E-state index contributed by atoms with van der Waals surface area (Å²) in [7, 11) is 0. The van der Waals surface area contributed by atoms with E-state index in [1.165, 1.54) is 30.6 Å². The fourth-order valence-electron chi connectivity index (χ4n) is 6.68. The van der Waals surface area contributed by atoms with Gasteiger partial charge in [0.25, 0.3) is 0 Å². The predicted octanol–water partition coefficient (Wildman–Crippen LogP) is 13.6. The zero-order valence-electron chi connectivity index (χ0n) is 46.1. The number of hydrogen-bond donors (Lipinski definition) is 3. The monoisotopic (exact) mass is 2250 g/mol. The quantitative estimate of drug-likeness (QED) is 0.128. The Labute approximate surface area is 594 Å². The molecule has 12 heterocycles. The van der Waals surface area contributed by atoms with Gasteiger partial charge in [0.05, 0.1) is 0 Å². The van der Waals surface area contributed by atoms with Gasteiger partial charge < -0.3 is 45.0 Å². The molecule has 0 aliphatic carbocycles. The van der Waals surface area contributed by atoms with Crippen LogP contribution in [-0.4, -0.2) is 70.9 Å². The fraction of sp³-hybridized carbons (Fsp3) is 0.0152. The zero-order chi connectivity index (χ0) is 58.1. The van der Waals surface area contributed by atoms with Crippen LogP contribution in [0.5, 0.6) is 0 Å². The second-order valence-corrected chi connectivity index (χ2v) is 16.4. The summed E-state index contributed by atoms with van der Waals surface area (Å²) in [6.45, 7) is 1.88. The number of pyridine rings is 10. The van der Waals surface area contributed by atoms with Crippen molar-refractivity contribution in [1.29, 1.82) is 0 Å². The Hall–Kier alpha value is -7.56. The molecule has 0 amide bonds. The van der Waals surface area contributed by atoms with E-state index in [0.29, 0.717) is 17.1 Å². The molecule has 0 aliphatic rings. The first-order chi connectivity index (χ1) is 40.7. The summed E-state index contributed by atoms with van der Waals surface area (Å²) in [5.41, 5.74) is 10.2. The second kappa shape index (κ2) is 45.7. The van der Waals surface area contributed by atoms with E-state index >= 15 is 0 Å². The van der Waals surface area contributed by atoms with Crippen molar-refractivity contribution in [3.05, 3.63) is 316 Å². The van der Waals surface area contributed by atoms with E-state index in [-0.39, 0.29) is 138 Å². The molecule has 6 radical (unpaired) electrons. The number of aromatic carboxylic acids is 1. The van der Waals surface area contributed by atoms with Crippen molar-refractivity contribution in [2.75, 3.05) is 0 Å². The number of carboxylic acid groups (broad SMARTS) is 1. The maximum atomic E-state index is 13.4. The van der Waals surface area contributed by atoms with E-state index in [4.69, 9.17) is 5.11 Å². The number of hydrogen-bond acceptors (Lipinski definition) is 11. The summed E-state index contributed by atoms with van der Waals surface area (Å²) in [6, 6.07) is 61.5. The van der Waals surface area contributed by atoms with E-state index in [1.807, 2.05) is 122 Å². The minimum Gasteiger partial charge on any atom is -0.477 e. The van der Waals surface area contributed by atoms with E-state index < -0.39 is 17.6 Å². The molecule has 23 heteroatoms. The third-order valence-electron chi connectivity index (χ3n) is 10.5. The molecular weight excluding hydrogens is 2200 g/mol. The van der Waals surface area contributed by atoms with Crippen molar-refractivity contribution in [2.24, 2.45) is 0 Å². The van der Waals surface area contributed by atoms with E-state index in [9.17, 15) is 18.0 Å². The molecule has 464 valence electrons. The van der Waals surface area contributed by atoms with Crippen molar-refractivity contribution in [3.63, 3.8) is 0 Å². The molecule has 0 bridgehead atoms. The first kappa shape index (κ1) is 79.4. The first-order valence-corrected chi connectivity index (χ1v) is 25.0. The van der Waals surface area contributed by atoms with Crippen LogP contribution in [0.3, 0.4) is 0 Å². The normalized spacial score (nSPS) is 9.12. The molecule has 0 saturated carbocycles. The number of nitrogens with one attached hydrogen (secondary N) is 2. The van der Waals surface area contributed by atoms with Gasteiger partial charge in [-0.05, 0) is 126 Å². The molecule has 0 spiro atoms. The molecule has 12 aromatic heterocycles. The van der Waals surface area contributed by atoms with Crippen molar-refractivity contribution in [1.82, 2.24) is 59.8 Å². The van der Waals surface area contributed by atoms with Gasteiger partial charge in [0.15, 0.2) is 0 Å². The molecule has 13 aromatic rings. The Kier molecular flexibility index (Phi) is 40.8. The molecule has 3 N–H and O–H groups in total. The van der Waals surface area contributed by atoms with Crippen LogP contribution in [0, 0.1) is 60.9 Å². The van der Waals surface area contributed by atoms with Gasteiger partial charge in [-0.3, -0.25) is 23.7 Å². The van der Waals surface area contributed by atoms with E-state index in [1.54, 1.807) is 92.3 Å². The molecule has 0 saturated heterocycles. The smallest absolute Gasteiger partial charge is 0.354 e. The van der Waals surface area contributed by atoms with E-state index in [2.05, 4.69) is 96.3 Å². The molecule has 89 heavy (non-hydrogen) atoms. The molecular formula is C66H47F3Ir6N12O2-6. The van der Waals surface area contributed by atoms with Crippen LogP contribution < -0.4 is 0 Å². The largest absolute Gasteiger partial charge is 0.477 e. The van der Waals surface area contributed by atoms with Crippen LogP contribution in [0.1, 0.15) is 16.1 Å². The van der Waals surface area contributed by atoms with Gasteiger partial charge in [0.2, 0.25) is 0 Å². The van der Waals surface area contributed by atoms with Crippen molar-refractivity contribution < 1.29 is 144 Å². The molecule has 1 aromatic carbocycles. The molecule has 0 unspecified atom stereocenters. The number of rotatable bonds is 7. The van der Waals surface area contributed by atoms with Gasteiger partial charge in [-0.15, -0.1) is 48.3 Å². The van der Waals surface area contributed by atoms with Crippen LogP contribution in [-0.2, 0) is 121 Å². The fourth-order valence-corrected chi connectivity index (χ4v) is 6.68. The van der Waals surface area contributed by atoms with Crippen LogP contribution in [0.25, 0.3) is 67.8 Å². The number of aromatic amines is 2. The number of halogens is 3. The number of carbonyl (C=O) groups is 1. The SMILES string of the molecule is Cc1ccnc(-c2[c-]cc(F)cc2F)c1.Fc1ccnc(-c2[c-]cccn2)c1.O=C(O)c1ccccn1.[Ir].[Ir].[Ir].[Ir].[Ir].[Ir].[c-]1[nH]ccc1-c1ccccn1.[c-]1c[nH]cc1-c1ccccn1.[c-]1cccnc1-c1ccccn1.[c-]1cnccc1-c1ccccn1. The van der Waals surface area contributed by atoms with Crippen LogP contribution >= 0.6 is 0 Å². The topological polar surface area (TPSA) is 198 Å². The zero-order valence-corrected chi connectivity index (χ0v) is 60.5. The number of aryl methyl sites for hydroxylation is 1. The molecule has 0 aliphatic heterocycles. The molecule has 14 nitrogen and oxygen atoms in total. The van der Waals surface area contributed by atoms with Crippen LogP contribution in [0.2, 0.25) is 0 Å². The summed E-state index contributed by atoms with van der Waals surface area (Å²) in [6.07, 6.45) is 26.7. The van der Waals surface area contributed by atoms with Gasteiger partial charge in [0, 0.05) is 176 Å². The maximum Gasteiger partial charge on any atom is 0.354 e. The van der Waals surface area contributed by atoms with Crippen LogP contribution in [0.4, 0.5) is 13.2 Å². The molecule has 0 atom stereocenters. The van der Waals surface area contributed by atoms with Crippen molar-refractivity contribution in [3.8, 4) is 67.8 Å². The Morgan fingerprint density at radius 2 is 0.978 bits per heavy atom. The van der Waals surface area contributed by atoms with Gasteiger partial charge >= 0.3 is 5.97 Å². The van der Waals surface area contributed by atoms with Crippen molar-refractivity contribution >= 4 is 5.97 Å². The second-order valence-electron chi connectivity index (χ2n) is 16.4. The Bertz CT molecular complexity index is 3660.